The first-order chi connectivity index (χ1) is 7.95. The molecule has 0 aliphatic heterocycles. The van der Waals surface area contributed by atoms with E-state index in [9.17, 15) is 4.79 Å². The lowest BCUT2D eigenvalue weighted by atomic mass is 9.94. The van der Waals surface area contributed by atoms with Crippen LogP contribution in [0.25, 0.3) is 0 Å². The SMILES string of the molecule is CC(C)CC(CN)CC(=O)NCCOC(C)C. The summed E-state index contributed by atoms with van der Waals surface area (Å²) in [4.78, 5) is 11.6. The Kier molecular flexibility index (Phi) is 9.09. The zero-order valence-electron chi connectivity index (χ0n) is 11.7. The number of ether oxygens (including phenoxy) is 1. The third kappa shape index (κ3) is 10.3. The summed E-state index contributed by atoms with van der Waals surface area (Å²) in [5.74, 6) is 0.954. The lowest BCUT2D eigenvalue weighted by Crippen LogP contribution is -2.31. The molecule has 0 spiro atoms. The van der Waals surface area contributed by atoms with Gasteiger partial charge in [-0.15, -0.1) is 0 Å². The highest BCUT2D eigenvalue weighted by molar-refractivity contribution is 5.76. The summed E-state index contributed by atoms with van der Waals surface area (Å²) < 4.78 is 5.35. The predicted molar refractivity (Wildman–Crippen MR) is 70.7 cm³/mol. The van der Waals surface area contributed by atoms with Crippen LogP contribution in [0, 0.1) is 11.8 Å². The molecular weight excluding hydrogens is 216 g/mol. The van der Waals surface area contributed by atoms with Crippen molar-refractivity contribution in [2.45, 2.75) is 46.6 Å². The summed E-state index contributed by atoms with van der Waals surface area (Å²) >= 11 is 0. The van der Waals surface area contributed by atoms with Crippen molar-refractivity contribution in [1.82, 2.24) is 5.32 Å². The molecule has 4 heteroatoms. The van der Waals surface area contributed by atoms with Crippen LogP contribution < -0.4 is 11.1 Å². The highest BCUT2D eigenvalue weighted by Gasteiger charge is 2.13. The molecule has 1 amide bonds. The lowest BCUT2D eigenvalue weighted by molar-refractivity contribution is -0.122. The van der Waals surface area contributed by atoms with Crippen molar-refractivity contribution in [3.05, 3.63) is 0 Å². The predicted octanol–water partition coefficient (Wildman–Crippen LogP) is 1.54. The van der Waals surface area contributed by atoms with Gasteiger partial charge in [-0.2, -0.15) is 0 Å². The number of rotatable bonds is 9. The van der Waals surface area contributed by atoms with Crippen molar-refractivity contribution in [3.63, 3.8) is 0 Å². The van der Waals surface area contributed by atoms with Crippen molar-refractivity contribution < 1.29 is 9.53 Å². The van der Waals surface area contributed by atoms with Gasteiger partial charge in [0.05, 0.1) is 12.7 Å². The number of hydrogen-bond acceptors (Lipinski definition) is 3. The maximum Gasteiger partial charge on any atom is 0.220 e. The lowest BCUT2D eigenvalue weighted by Gasteiger charge is -2.16. The second-order valence-electron chi connectivity index (χ2n) is 5.20. The van der Waals surface area contributed by atoms with Crippen LogP contribution in [0.3, 0.4) is 0 Å². The summed E-state index contributed by atoms with van der Waals surface area (Å²) in [5.41, 5.74) is 5.66. The van der Waals surface area contributed by atoms with E-state index in [2.05, 4.69) is 19.2 Å². The van der Waals surface area contributed by atoms with E-state index in [-0.39, 0.29) is 12.0 Å². The van der Waals surface area contributed by atoms with Gasteiger partial charge in [0.1, 0.15) is 0 Å². The summed E-state index contributed by atoms with van der Waals surface area (Å²) in [6, 6.07) is 0. The topological polar surface area (TPSA) is 64.4 Å². The van der Waals surface area contributed by atoms with E-state index in [0.717, 1.165) is 6.42 Å². The van der Waals surface area contributed by atoms with E-state index >= 15 is 0 Å². The number of nitrogens with two attached hydrogens (primary N) is 1. The van der Waals surface area contributed by atoms with Crippen LogP contribution >= 0.6 is 0 Å². The van der Waals surface area contributed by atoms with Gasteiger partial charge in [0.25, 0.3) is 0 Å². The number of hydrogen-bond donors (Lipinski definition) is 2. The molecule has 0 aromatic rings. The molecule has 0 bridgehead atoms. The van der Waals surface area contributed by atoms with Crippen LogP contribution in [-0.4, -0.2) is 31.7 Å². The van der Waals surface area contributed by atoms with Crippen molar-refractivity contribution in [3.8, 4) is 0 Å². The summed E-state index contributed by atoms with van der Waals surface area (Å²) in [6.45, 7) is 9.99. The van der Waals surface area contributed by atoms with Crippen LogP contribution in [0.1, 0.15) is 40.5 Å². The molecule has 1 atom stereocenters. The number of nitrogens with one attached hydrogen (secondary N) is 1. The standard InChI is InChI=1S/C13H28N2O2/c1-10(2)7-12(9-14)8-13(16)15-5-6-17-11(3)4/h10-12H,5-9,14H2,1-4H3,(H,15,16). The molecule has 4 nitrogen and oxygen atoms in total. The maximum atomic E-state index is 11.6. The Bertz CT molecular complexity index is 206. The third-order valence-corrected chi connectivity index (χ3v) is 2.49. The second kappa shape index (κ2) is 9.42. The molecule has 0 saturated heterocycles. The Morgan fingerprint density at radius 3 is 2.41 bits per heavy atom. The Morgan fingerprint density at radius 2 is 1.94 bits per heavy atom. The van der Waals surface area contributed by atoms with Gasteiger partial charge in [-0.25, -0.2) is 0 Å². The van der Waals surface area contributed by atoms with Gasteiger partial charge < -0.3 is 15.8 Å². The van der Waals surface area contributed by atoms with Gasteiger partial charge in [0.2, 0.25) is 5.91 Å². The number of carbonyl (C=O) groups is 1. The quantitative estimate of drug-likeness (QED) is 0.605. The molecule has 0 heterocycles. The Morgan fingerprint density at radius 1 is 1.29 bits per heavy atom. The van der Waals surface area contributed by atoms with E-state index in [1.165, 1.54) is 0 Å². The minimum Gasteiger partial charge on any atom is -0.377 e. The van der Waals surface area contributed by atoms with Crippen LogP contribution in [0.4, 0.5) is 0 Å². The maximum absolute atomic E-state index is 11.6. The Hall–Kier alpha value is -0.610. The Labute approximate surface area is 105 Å². The molecule has 3 N–H and O–H groups in total. The first-order valence-corrected chi connectivity index (χ1v) is 6.54. The fraction of sp³-hybridized carbons (Fsp3) is 0.923. The van der Waals surface area contributed by atoms with Crippen LogP contribution in [0.2, 0.25) is 0 Å². The Balaban J connectivity index is 3.68. The van der Waals surface area contributed by atoms with E-state index < -0.39 is 0 Å². The largest absolute Gasteiger partial charge is 0.377 e. The molecule has 0 aliphatic rings. The monoisotopic (exact) mass is 244 g/mol. The smallest absolute Gasteiger partial charge is 0.220 e. The zero-order valence-corrected chi connectivity index (χ0v) is 11.7. The molecule has 17 heavy (non-hydrogen) atoms. The average molecular weight is 244 g/mol. The number of carbonyl (C=O) groups excluding carboxylic acids is 1. The van der Waals surface area contributed by atoms with Crippen molar-refractivity contribution in [2.75, 3.05) is 19.7 Å². The van der Waals surface area contributed by atoms with Gasteiger partial charge in [-0.3, -0.25) is 4.79 Å². The number of amides is 1. The van der Waals surface area contributed by atoms with E-state index in [4.69, 9.17) is 10.5 Å². The van der Waals surface area contributed by atoms with Crippen LogP contribution in [0.15, 0.2) is 0 Å². The van der Waals surface area contributed by atoms with Gasteiger partial charge in [0.15, 0.2) is 0 Å². The molecule has 0 aliphatic carbocycles. The molecule has 1 unspecified atom stereocenters. The van der Waals surface area contributed by atoms with Gasteiger partial charge in [-0.1, -0.05) is 13.8 Å². The first-order valence-electron chi connectivity index (χ1n) is 6.54. The molecule has 0 saturated carbocycles. The van der Waals surface area contributed by atoms with Gasteiger partial charge in [0, 0.05) is 13.0 Å². The van der Waals surface area contributed by atoms with Gasteiger partial charge in [-0.05, 0) is 38.6 Å². The normalized spacial score (nSPS) is 13.1. The van der Waals surface area contributed by atoms with E-state index in [1.807, 2.05) is 13.8 Å². The van der Waals surface area contributed by atoms with Crippen molar-refractivity contribution in [1.29, 1.82) is 0 Å². The molecule has 0 aromatic carbocycles. The van der Waals surface area contributed by atoms with Gasteiger partial charge >= 0.3 is 0 Å². The van der Waals surface area contributed by atoms with E-state index in [1.54, 1.807) is 0 Å². The molecule has 0 fully saturated rings. The van der Waals surface area contributed by atoms with Crippen molar-refractivity contribution in [2.24, 2.45) is 17.6 Å². The molecule has 0 radical (unpaired) electrons. The van der Waals surface area contributed by atoms with E-state index in [0.29, 0.717) is 38.0 Å². The molecular formula is C13H28N2O2. The molecule has 102 valence electrons. The second-order valence-corrected chi connectivity index (χ2v) is 5.20. The fourth-order valence-corrected chi connectivity index (χ4v) is 1.75. The van der Waals surface area contributed by atoms with Crippen molar-refractivity contribution >= 4 is 5.91 Å². The minimum absolute atomic E-state index is 0.0773. The van der Waals surface area contributed by atoms with Crippen LogP contribution in [0.5, 0.6) is 0 Å². The highest BCUT2D eigenvalue weighted by atomic mass is 16.5. The summed E-state index contributed by atoms with van der Waals surface area (Å²) in [6.07, 6.45) is 1.74. The first kappa shape index (κ1) is 16.4. The molecule has 0 rings (SSSR count). The summed E-state index contributed by atoms with van der Waals surface area (Å²) in [5, 5.41) is 2.86. The zero-order chi connectivity index (χ0) is 13.3. The third-order valence-electron chi connectivity index (χ3n) is 2.49. The van der Waals surface area contributed by atoms with Crippen LogP contribution in [-0.2, 0) is 9.53 Å². The fourth-order valence-electron chi connectivity index (χ4n) is 1.75. The average Bonchev–Trinajstić information content (AvgIpc) is 2.22. The molecule has 0 aromatic heterocycles. The highest BCUT2D eigenvalue weighted by Crippen LogP contribution is 2.13. The summed E-state index contributed by atoms with van der Waals surface area (Å²) in [7, 11) is 0. The minimum atomic E-state index is 0.0773.